The average molecular weight is 347 g/mol. The van der Waals surface area contributed by atoms with Gasteiger partial charge in [-0.25, -0.2) is 9.59 Å². The minimum absolute atomic E-state index is 0.128. The van der Waals surface area contributed by atoms with Crippen LogP contribution in [-0.4, -0.2) is 30.9 Å². The summed E-state index contributed by atoms with van der Waals surface area (Å²) in [4.78, 5) is 23.4. The average Bonchev–Trinajstić information content (AvgIpc) is 2.63. The lowest BCUT2D eigenvalue weighted by atomic mass is 10.1. The first-order valence-corrected chi connectivity index (χ1v) is 9.17. The highest BCUT2D eigenvalue weighted by atomic mass is 28.3. The first kappa shape index (κ1) is 16.7. The van der Waals surface area contributed by atoms with Crippen LogP contribution in [0.15, 0.2) is 78.9 Å². The SMILES string of the molecule is O=C(O)c1cccc([Si](c2ccccc2)c2ccccc2)c1C(=O)O. The Balaban J connectivity index is 2.30. The highest BCUT2D eigenvalue weighted by Crippen LogP contribution is 2.09. The van der Waals surface area contributed by atoms with Crippen molar-refractivity contribution in [1.29, 1.82) is 0 Å². The van der Waals surface area contributed by atoms with E-state index in [0.717, 1.165) is 10.4 Å². The second-order valence-electron chi connectivity index (χ2n) is 5.45. The number of benzene rings is 3. The molecule has 0 aliphatic carbocycles. The van der Waals surface area contributed by atoms with E-state index in [4.69, 9.17) is 0 Å². The molecular weight excluding hydrogens is 332 g/mol. The van der Waals surface area contributed by atoms with Gasteiger partial charge in [-0.1, -0.05) is 83.2 Å². The number of carboxylic acid groups (broad SMARTS) is 2. The fraction of sp³-hybridized carbons (Fsp3) is 0. The molecule has 0 amide bonds. The van der Waals surface area contributed by atoms with Crippen LogP contribution in [0.5, 0.6) is 0 Å². The van der Waals surface area contributed by atoms with E-state index in [2.05, 4.69) is 0 Å². The Bertz CT molecular complexity index is 868. The van der Waals surface area contributed by atoms with Crippen LogP contribution in [0.2, 0.25) is 0 Å². The number of carboxylic acids is 2. The maximum atomic E-state index is 11.9. The summed E-state index contributed by atoms with van der Waals surface area (Å²) in [7, 11) is -1.65. The van der Waals surface area contributed by atoms with Gasteiger partial charge in [0.25, 0.3) is 0 Å². The Morgan fingerprint density at radius 2 is 1.16 bits per heavy atom. The van der Waals surface area contributed by atoms with Crippen LogP contribution in [0.25, 0.3) is 0 Å². The van der Waals surface area contributed by atoms with E-state index in [9.17, 15) is 19.8 Å². The first-order chi connectivity index (χ1) is 12.1. The molecule has 25 heavy (non-hydrogen) atoms. The van der Waals surface area contributed by atoms with Gasteiger partial charge in [0.1, 0.15) is 0 Å². The van der Waals surface area contributed by atoms with E-state index in [1.807, 2.05) is 60.7 Å². The maximum absolute atomic E-state index is 11.9. The lowest BCUT2D eigenvalue weighted by Gasteiger charge is -2.19. The zero-order valence-electron chi connectivity index (χ0n) is 13.2. The van der Waals surface area contributed by atoms with E-state index in [0.29, 0.717) is 5.19 Å². The summed E-state index contributed by atoms with van der Waals surface area (Å²) in [5.74, 6) is -2.45. The summed E-state index contributed by atoms with van der Waals surface area (Å²) in [6, 6.07) is 23.9. The second-order valence-corrected chi connectivity index (χ2v) is 7.89. The number of rotatable bonds is 5. The smallest absolute Gasteiger partial charge is 0.336 e. The normalized spacial score (nSPS) is 10.6. The van der Waals surface area contributed by atoms with Crippen LogP contribution >= 0.6 is 0 Å². The molecule has 0 saturated carbocycles. The number of hydrogen-bond acceptors (Lipinski definition) is 2. The molecule has 1 radical (unpaired) electrons. The van der Waals surface area contributed by atoms with Gasteiger partial charge in [-0.3, -0.25) is 0 Å². The third-order valence-electron chi connectivity index (χ3n) is 3.90. The number of carbonyl (C=O) groups is 2. The third-order valence-corrected chi connectivity index (χ3v) is 6.68. The van der Waals surface area contributed by atoms with Crippen molar-refractivity contribution in [3.05, 3.63) is 90.0 Å². The summed E-state index contributed by atoms with van der Waals surface area (Å²) in [6.45, 7) is 0. The Morgan fingerprint density at radius 3 is 1.60 bits per heavy atom. The van der Waals surface area contributed by atoms with Gasteiger partial charge in [-0.2, -0.15) is 0 Å². The minimum atomic E-state index is -1.65. The van der Waals surface area contributed by atoms with Gasteiger partial charge in [-0.15, -0.1) is 0 Å². The van der Waals surface area contributed by atoms with Crippen molar-refractivity contribution in [2.24, 2.45) is 0 Å². The van der Waals surface area contributed by atoms with Crippen LogP contribution in [0.3, 0.4) is 0 Å². The molecule has 4 nitrogen and oxygen atoms in total. The molecule has 0 fully saturated rings. The molecule has 3 aromatic rings. The van der Waals surface area contributed by atoms with Gasteiger partial charge in [0.05, 0.1) is 11.1 Å². The Morgan fingerprint density at radius 1 is 0.640 bits per heavy atom. The molecule has 3 rings (SSSR count). The molecule has 0 heterocycles. The van der Waals surface area contributed by atoms with Crippen LogP contribution in [0.1, 0.15) is 20.7 Å². The van der Waals surface area contributed by atoms with Crippen LogP contribution in [0, 0.1) is 0 Å². The molecule has 3 aromatic carbocycles. The van der Waals surface area contributed by atoms with Crippen LogP contribution in [-0.2, 0) is 0 Å². The topological polar surface area (TPSA) is 74.6 Å². The Labute approximate surface area is 146 Å². The van der Waals surface area contributed by atoms with Gasteiger partial charge in [-0.05, 0) is 11.3 Å². The standard InChI is InChI=1S/C20H15O4Si/c21-19(22)16-12-7-13-17(18(16)20(23)24)25(14-8-3-1-4-9-14)15-10-5-2-6-11-15/h1-13H,(H,21,22)(H,23,24). The summed E-state index contributed by atoms with van der Waals surface area (Å²) < 4.78 is 0. The van der Waals surface area contributed by atoms with E-state index >= 15 is 0 Å². The maximum Gasteiger partial charge on any atom is 0.336 e. The largest absolute Gasteiger partial charge is 0.478 e. The Kier molecular flexibility index (Phi) is 4.77. The van der Waals surface area contributed by atoms with Gasteiger partial charge in [0.15, 0.2) is 8.80 Å². The lowest BCUT2D eigenvalue weighted by Crippen LogP contribution is -2.54. The molecule has 5 heteroatoms. The molecular formula is C20H15O4Si. The minimum Gasteiger partial charge on any atom is -0.478 e. The molecule has 0 saturated heterocycles. The highest BCUT2D eigenvalue weighted by Gasteiger charge is 2.28. The van der Waals surface area contributed by atoms with E-state index < -0.39 is 20.7 Å². The van der Waals surface area contributed by atoms with E-state index in [-0.39, 0.29) is 11.1 Å². The van der Waals surface area contributed by atoms with Crippen molar-refractivity contribution in [2.75, 3.05) is 0 Å². The quantitative estimate of drug-likeness (QED) is 0.543. The van der Waals surface area contributed by atoms with Crippen molar-refractivity contribution in [1.82, 2.24) is 0 Å². The summed E-state index contributed by atoms with van der Waals surface area (Å²) in [6.07, 6.45) is 0. The summed E-state index contributed by atoms with van der Waals surface area (Å²) >= 11 is 0. The number of hydrogen-bond donors (Lipinski definition) is 2. The van der Waals surface area contributed by atoms with Crippen molar-refractivity contribution in [3.8, 4) is 0 Å². The molecule has 2 N–H and O–H groups in total. The van der Waals surface area contributed by atoms with Crippen molar-refractivity contribution < 1.29 is 19.8 Å². The molecule has 0 aromatic heterocycles. The first-order valence-electron chi connectivity index (χ1n) is 7.67. The van der Waals surface area contributed by atoms with Gasteiger partial charge in [0, 0.05) is 0 Å². The summed E-state index contributed by atoms with van der Waals surface area (Å²) in [5.41, 5.74) is -0.309. The lowest BCUT2D eigenvalue weighted by molar-refractivity contribution is 0.0652. The third kappa shape index (κ3) is 3.36. The predicted octanol–water partition coefficient (Wildman–Crippen LogP) is 1.60. The van der Waals surface area contributed by atoms with E-state index in [1.165, 1.54) is 6.07 Å². The molecule has 0 unspecified atom stereocenters. The Hall–Kier alpha value is -3.18. The molecule has 0 spiro atoms. The molecule has 0 bridgehead atoms. The fourth-order valence-corrected chi connectivity index (χ4v) is 5.62. The van der Waals surface area contributed by atoms with E-state index in [1.54, 1.807) is 12.1 Å². The number of aromatic carboxylic acids is 2. The highest BCUT2D eigenvalue weighted by molar-refractivity contribution is 6.96. The van der Waals surface area contributed by atoms with Crippen LogP contribution < -0.4 is 15.6 Å². The predicted molar refractivity (Wildman–Crippen MR) is 97.9 cm³/mol. The van der Waals surface area contributed by atoms with Crippen molar-refractivity contribution in [3.63, 3.8) is 0 Å². The summed E-state index contributed by atoms with van der Waals surface area (Å²) in [5, 5.41) is 21.7. The second kappa shape index (κ2) is 7.15. The zero-order valence-corrected chi connectivity index (χ0v) is 14.2. The van der Waals surface area contributed by atoms with Gasteiger partial charge >= 0.3 is 11.9 Å². The van der Waals surface area contributed by atoms with Crippen molar-refractivity contribution >= 4 is 36.3 Å². The monoisotopic (exact) mass is 347 g/mol. The zero-order chi connectivity index (χ0) is 17.8. The molecule has 123 valence electrons. The molecule has 0 atom stereocenters. The molecule has 0 aliphatic rings. The van der Waals surface area contributed by atoms with Crippen LogP contribution in [0.4, 0.5) is 0 Å². The van der Waals surface area contributed by atoms with Crippen molar-refractivity contribution in [2.45, 2.75) is 0 Å². The van der Waals surface area contributed by atoms with Gasteiger partial charge in [0.2, 0.25) is 0 Å². The fourth-order valence-electron chi connectivity index (χ4n) is 2.86. The molecule has 0 aliphatic heterocycles. The van der Waals surface area contributed by atoms with Gasteiger partial charge < -0.3 is 10.2 Å².